The van der Waals surface area contributed by atoms with Gasteiger partial charge in [0.2, 0.25) is 0 Å². The van der Waals surface area contributed by atoms with E-state index in [9.17, 15) is 13.6 Å². The summed E-state index contributed by atoms with van der Waals surface area (Å²) in [6.45, 7) is 0. The number of aromatic nitrogens is 2. The first kappa shape index (κ1) is 12.2. The van der Waals surface area contributed by atoms with Crippen molar-refractivity contribution < 1.29 is 8.78 Å². The standard InChI is InChI=1S/C11H7F2IN2O/c12-7-2-1-6(8(13)4-7)3-10-15-5-9(14)11(17)16-10/h1-2,4-5H,3H2,(H,15,16,17). The second-order valence-corrected chi connectivity index (χ2v) is 4.58. The van der Waals surface area contributed by atoms with E-state index >= 15 is 0 Å². The monoisotopic (exact) mass is 348 g/mol. The van der Waals surface area contributed by atoms with Crippen LogP contribution in [0, 0.1) is 15.2 Å². The van der Waals surface area contributed by atoms with Gasteiger partial charge < -0.3 is 4.98 Å². The summed E-state index contributed by atoms with van der Waals surface area (Å²) in [4.78, 5) is 17.8. The van der Waals surface area contributed by atoms with Gasteiger partial charge in [-0.3, -0.25) is 4.79 Å². The number of H-pyrrole nitrogens is 1. The summed E-state index contributed by atoms with van der Waals surface area (Å²) in [6.07, 6.45) is 1.54. The lowest BCUT2D eigenvalue weighted by atomic mass is 10.1. The maximum atomic E-state index is 13.4. The molecular weight excluding hydrogens is 341 g/mol. The average molecular weight is 348 g/mol. The van der Waals surface area contributed by atoms with Crippen molar-refractivity contribution in [2.45, 2.75) is 6.42 Å². The van der Waals surface area contributed by atoms with Gasteiger partial charge in [0.1, 0.15) is 17.5 Å². The van der Waals surface area contributed by atoms with Gasteiger partial charge in [-0.1, -0.05) is 6.07 Å². The van der Waals surface area contributed by atoms with Gasteiger partial charge in [-0.25, -0.2) is 13.8 Å². The third-order valence-corrected chi connectivity index (χ3v) is 2.95. The lowest BCUT2D eigenvalue weighted by molar-refractivity contribution is 0.573. The molecule has 1 N–H and O–H groups in total. The van der Waals surface area contributed by atoms with Gasteiger partial charge in [-0.05, 0) is 34.2 Å². The minimum atomic E-state index is -0.647. The summed E-state index contributed by atoms with van der Waals surface area (Å²) in [5.74, 6) is -0.928. The van der Waals surface area contributed by atoms with Crippen molar-refractivity contribution in [3.05, 3.63) is 61.3 Å². The smallest absolute Gasteiger partial charge is 0.264 e. The first-order valence-electron chi connectivity index (χ1n) is 4.74. The number of rotatable bonds is 2. The molecule has 0 unspecified atom stereocenters. The molecule has 2 rings (SSSR count). The van der Waals surface area contributed by atoms with Gasteiger partial charge in [0, 0.05) is 18.7 Å². The largest absolute Gasteiger partial charge is 0.309 e. The lowest BCUT2D eigenvalue weighted by Crippen LogP contribution is -2.14. The van der Waals surface area contributed by atoms with Gasteiger partial charge >= 0.3 is 0 Å². The van der Waals surface area contributed by atoms with Crippen molar-refractivity contribution in [2.24, 2.45) is 0 Å². The van der Waals surface area contributed by atoms with E-state index in [1.807, 2.05) is 22.6 Å². The van der Waals surface area contributed by atoms with Crippen molar-refractivity contribution in [1.82, 2.24) is 9.97 Å². The maximum absolute atomic E-state index is 13.4. The van der Waals surface area contributed by atoms with Crippen LogP contribution >= 0.6 is 22.6 Å². The second-order valence-electron chi connectivity index (χ2n) is 3.42. The molecule has 1 aromatic heterocycles. The van der Waals surface area contributed by atoms with Crippen molar-refractivity contribution in [3.8, 4) is 0 Å². The van der Waals surface area contributed by atoms with E-state index in [0.29, 0.717) is 9.39 Å². The summed E-state index contributed by atoms with van der Waals surface area (Å²) in [5.41, 5.74) is 0.0221. The molecule has 0 radical (unpaired) electrons. The Balaban J connectivity index is 2.31. The van der Waals surface area contributed by atoms with E-state index in [1.165, 1.54) is 18.3 Å². The van der Waals surface area contributed by atoms with E-state index < -0.39 is 11.6 Å². The van der Waals surface area contributed by atoms with Crippen LogP contribution in [0.25, 0.3) is 0 Å². The first-order valence-corrected chi connectivity index (χ1v) is 5.82. The molecule has 3 nitrogen and oxygen atoms in total. The Morgan fingerprint density at radius 3 is 2.76 bits per heavy atom. The molecule has 0 aliphatic carbocycles. The number of aromatic amines is 1. The van der Waals surface area contributed by atoms with Crippen molar-refractivity contribution in [3.63, 3.8) is 0 Å². The topological polar surface area (TPSA) is 45.8 Å². The Kier molecular flexibility index (Phi) is 3.51. The van der Waals surface area contributed by atoms with E-state index in [0.717, 1.165) is 6.07 Å². The molecule has 0 saturated heterocycles. The summed E-state index contributed by atoms with van der Waals surface area (Å²) >= 11 is 1.85. The van der Waals surface area contributed by atoms with E-state index in [-0.39, 0.29) is 17.5 Å². The number of halogens is 3. The fraction of sp³-hybridized carbons (Fsp3) is 0.0909. The molecule has 1 aromatic carbocycles. The predicted octanol–water partition coefficient (Wildman–Crippen LogP) is 2.24. The zero-order valence-electron chi connectivity index (χ0n) is 8.51. The predicted molar refractivity (Wildman–Crippen MR) is 66.7 cm³/mol. The molecule has 0 spiro atoms. The molecule has 0 aliphatic heterocycles. The molecule has 2 aromatic rings. The van der Waals surface area contributed by atoms with Crippen LogP contribution in [-0.2, 0) is 6.42 Å². The third kappa shape index (κ3) is 2.87. The Morgan fingerprint density at radius 1 is 1.35 bits per heavy atom. The van der Waals surface area contributed by atoms with E-state index in [2.05, 4.69) is 9.97 Å². The van der Waals surface area contributed by atoms with Gasteiger partial charge in [0.15, 0.2) is 0 Å². The second kappa shape index (κ2) is 4.91. The molecule has 0 bridgehead atoms. The average Bonchev–Trinajstić information content (AvgIpc) is 2.27. The SMILES string of the molecule is O=c1[nH]c(Cc2ccc(F)cc2F)ncc1I. The Bertz CT molecular complexity index is 613. The Hall–Kier alpha value is -1.31. The summed E-state index contributed by atoms with van der Waals surface area (Å²) in [5, 5.41) is 0. The molecule has 1 heterocycles. The molecule has 0 atom stereocenters. The van der Waals surface area contributed by atoms with Crippen LogP contribution in [-0.4, -0.2) is 9.97 Å². The quantitative estimate of drug-likeness (QED) is 0.847. The van der Waals surface area contributed by atoms with Crippen molar-refractivity contribution in [1.29, 1.82) is 0 Å². The molecule has 17 heavy (non-hydrogen) atoms. The van der Waals surface area contributed by atoms with Crippen LogP contribution in [0.1, 0.15) is 11.4 Å². The fourth-order valence-corrected chi connectivity index (χ4v) is 1.63. The highest BCUT2D eigenvalue weighted by molar-refractivity contribution is 14.1. The lowest BCUT2D eigenvalue weighted by Gasteiger charge is -2.03. The number of hydrogen-bond donors (Lipinski definition) is 1. The highest BCUT2D eigenvalue weighted by Crippen LogP contribution is 2.12. The van der Waals surface area contributed by atoms with Crippen LogP contribution in [0.4, 0.5) is 8.78 Å². The number of benzene rings is 1. The normalized spacial score (nSPS) is 10.5. The van der Waals surface area contributed by atoms with Gasteiger partial charge in [-0.15, -0.1) is 0 Å². The number of nitrogens with one attached hydrogen (secondary N) is 1. The Morgan fingerprint density at radius 2 is 2.12 bits per heavy atom. The van der Waals surface area contributed by atoms with E-state index in [4.69, 9.17) is 0 Å². The molecule has 0 aliphatic rings. The summed E-state index contributed by atoms with van der Waals surface area (Å²) in [7, 11) is 0. The van der Waals surface area contributed by atoms with Gasteiger partial charge in [-0.2, -0.15) is 0 Å². The van der Waals surface area contributed by atoms with E-state index in [1.54, 1.807) is 0 Å². The highest BCUT2D eigenvalue weighted by Gasteiger charge is 2.07. The molecule has 88 valence electrons. The number of hydrogen-bond acceptors (Lipinski definition) is 2. The molecule has 0 saturated carbocycles. The fourth-order valence-electron chi connectivity index (χ4n) is 1.35. The first-order chi connectivity index (χ1) is 8.06. The van der Waals surface area contributed by atoms with Crippen LogP contribution in [0.15, 0.2) is 29.2 Å². The van der Waals surface area contributed by atoms with Gasteiger partial charge in [0.05, 0.1) is 3.57 Å². The van der Waals surface area contributed by atoms with Crippen LogP contribution in [0.5, 0.6) is 0 Å². The zero-order chi connectivity index (χ0) is 12.4. The molecule has 0 fully saturated rings. The highest BCUT2D eigenvalue weighted by atomic mass is 127. The van der Waals surface area contributed by atoms with Gasteiger partial charge in [0.25, 0.3) is 5.56 Å². The third-order valence-electron chi connectivity index (χ3n) is 2.18. The van der Waals surface area contributed by atoms with Crippen LogP contribution in [0.3, 0.4) is 0 Å². The minimum absolute atomic E-state index is 0.123. The summed E-state index contributed by atoms with van der Waals surface area (Å²) < 4.78 is 26.5. The van der Waals surface area contributed by atoms with Crippen LogP contribution in [0.2, 0.25) is 0 Å². The summed E-state index contributed by atoms with van der Waals surface area (Å²) in [6, 6.07) is 3.31. The number of nitrogens with zero attached hydrogens (tertiary/aromatic N) is 1. The molecule has 0 amide bonds. The maximum Gasteiger partial charge on any atom is 0.264 e. The molecular formula is C11H7F2IN2O. The van der Waals surface area contributed by atoms with Crippen molar-refractivity contribution in [2.75, 3.05) is 0 Å². The zero-order valence-corrected chi connectivity index (χ0v) is 10.7. The Labute approximate surface area is 109 Å². The minimum Gasteiger partial charge on any atom is -0.309 e. The van der Waals surface area contributed by atoms with Crippen LogP contribution < -0.4 is 5.56 Å². The molecule has 6 heteroatoms. The van der Waals surface area contributed by atoms with Crippen molar-refractivity contribution >= 4 is 22.6 Å².